The van der Waals surface area contributed by atoms with Gasteiger partial charge in [0.2, 0.25) is 5.91 Å². The Labute approximate surface area is 136 Å². The van der Waals surface area contributed by atoms with Crippen molar-refractivity contribution in [2.24, 2.45) is 0 Å². The highest BCUT2D eigenvalue weighted by Crippen LogP contribution is 2.23. The van der Waals surface area contributed by atoms with E-state index in [1.54, 1.807) is 24.4 Å². The first-order valence-electron chi connectivity index (χ1n) is 7.04. The summed E-state index contributed by atoms with van der Waals surface area (Å²) in [6, 6.07) is 6.32. The molecule has 1 amide bonds. The third-order valence-corrected chi connectivity index (χ3v) is 3.95. The molecule has 0 aliphatic heterocycles. The maximum Gasteiger partial charge on any atom is 0.226 e. The van der Waals surface area contributed by atoms with Gasteiger partial charge in [-0.05, 0) is 19.1 Å². The molecule has 23 heavy (non-hydrogen) atoms. The Morgan fingerprint density at radius 2 is 2.13 bits per heavy atom. The smallest absolute Gasteiger partial charge is 0.226 e. The number of rotatable bonds is 5. The largest absolute Gasteiger partial charge is 0.441 e. The van der Waals surface area contributed by atoms with Gasteiger partial charge in [-0.15, -0.1) is 11.3 Å². The predicted molar refractivity (Wildman–Crippen MR) is 85.7 cm³/mol. The standard InChI is InChI=1S/C16H14FN3O2S/c1-10-8-19-16(23-10)20-14(21)6-7-15-18-9-13(22-15)11-4-2-3-5-12(11)17/h2-5,8-9H,6-7H2,1H3,(H,19,20,21). The van der Waals surface area contributed by atoms with E-state index < -0.39 is 0 Å². The fraction of sp³-hybridized carbons (Fsp3) is 0.188. The Kier molecular flexibility index (Phi) is 4.47. The minimum Gasteiger partial charge on any atom is -0.441 e. The van der Waals surface area contributed by atoms with Crippen LogP contribution in [0, 0.1) is 12.7 Å². The van der Waals surface area contributed by atoms with Crippen molar-refractivity contribution < 1.29 is 13.6 Å². The molecule has 3 rings (SSSR count). The van der Waals surface area contributed by atoms with Crippen LogP contribution in [0.5, 0.6) is 0 Å². The molecule has 0 saturated heterocycles. The number of nitrogens with one attached hydrogen (secondary N) is 1. The number of halogens is 1. The number of amides is 1. The Hall–Kier alpha value is -2.54. The van der Waals surface area contributed by atoms with E-state index in [4.69, 9.17) is 4.42 Å². The van der Waals surface area contributed by atoms with Gasteiger partial charge in [-0.25, -0.2) is 14.4 Å². The van der Waals surface area contributed by atoms with Gasteiger partial charge >= 0.3 is 0 Å². The minimum atomic E-state index is -0.368. The maximum atomic E-state index is 13.7. The van der Waals surface area contributed by atoms with E-state index in [9.17, 15) is 9.18 Å². The lowest BCUT2D eigenvalue weighted by Crippen LogP contribution is -2.12. The summed E-state index contributed by atoms with van der Waals surface area (Å²) in [7, 11) is 0. The Morgan fingerprint density at radius 1 is 1.30 bits per heavy atom. The van der Waals surface area contributed by atoms with Crippen molar-refractivity contribution in [3.63, 3.8) is 0 Å². The second kappa shape index (κ2) is 6.70. The summed E-state index contributed by atoms with van der Waals surface area (Å²) < 4.78 is 19.2. The highest BCUT2D eigenvalue weighted by atomic mass is 32.1. The summed E-state index contributed by atoms with van der Waals surface area (Å²) in [5, 5.41) is 3.30. The summed E-state index contributed by atoms with van der Waals surface area (Å²) in [6.45, 7) is 1.92. The van der Waals surface area contributed by atoms with Crippen LogP contribution in [0.3, 0.4) is 0 Å². The number of oxazole rings is 1. The van der Waals surface area contributed by atoms with E-state index in [0.29, 0.717) is 28.8 Å². The van der Waals surface area contributed by atoms with Crippen LogP contribution in [0.4, 0.5) is 9.52 Å². The monoisotopic (exact) mass is 331 g/mol. The molecule has 0 fully saturated rings. The molecule has 2 heterocycles. The second-order valence-corrected chi connectivity index (χ2v) is 6.16. The summed E-state index contributed by atoms with van der Waals surface area (Å²) in [5.74, 6) is 0.222. The van der Waals surface area contributed by atoms with Crippen LogP contribution in [0.15, 0.2) is 41.1 Å². The fourth-order valence-corrected chi connectivity index (χ4v) is 2.71. The molecule has 0 aliphatic carbocycles. The van der Waals surface area contributed by atoms with Crippen LogP contribution in [0.1, 0.15) is 17.2 Å². The van der Waals surface area contributed by atoms with Gasteiger partial charge in [0.05, 0.1) is 11.8 Å². The van der Waals surface area contributed by atoms with Crippen molar-refractivity contribution in [3.8, 4) is 11.3 Å². The molecule has 118 valence electrons. The number of hydrogen-bond acceptors (Lipinski definition) is 5. The first kappa shape index (κ1) is 15.4. The molecule has 0 bridgehead atoms. The van der Waals surface area contributed by atoms with Gasteiger partial charge in [-0.1, -0.05) is 12.1 Å². The average Bonchev–Trinajstić information content (AvgIpc) is 3.15. The fourth-order valence-electron chi connectivity index (χ4n) is 2.03. The molecule has 3 aromatic rings. The number of hydrogen-bond donors (Lipinski definition) is 1. The molecule has 0 radical (unpaired) electrons. The third kappa shape index (κ3) is 3.81. The van der Waals surface area contributed by atoms with E-state index in [-0.39, 0.29) is 18.1 Å². The Balaban J connectivity index is 1.59. The second-order valence-electron chi connectivity index (χ2n) is 4.92. The maximum absolute atomic E-state index is 13.7. The van der Waals surface area contributed by atoms with Gasteiger partial charge in [-0.2, -0.15) is 0 Å². The summed E-state index contributed by atoms with van der Waals surface area (Å²) in [6.07, 6.45) is 3.73. The van der Waals surface area contributed by atoms with Crippen molar-refractivity contribution >= 4 is 22.4 Å². The predicted octanol–water partition coefficient (Wildman–Crippen LogP) is 3.82. The van der Waals surface area contributed by atoms with Crippen molar-refractivity contribution in [1.29, 1.82) is 0 Å². The van der Waals surface area contributed by atoms with E-state index in [0.717, 1.165) is 4.88 Å². The van der Waals surface area contributed by atoms with Gasteiger partial charge in [0, 0.05) is 23.9 Å². The number of thiazole rings is 1. The quantitative estimate of drug-likeness (QED) is 0.772. The zero-order valence-corrected chi connectivity index (χ0v) is 13.2. The molecule has 0 atom stereocenters. The van der Waals surface area contributed by atoms with Gasteiger partial charge in [0.1, 0.15) is 5.82 Å². The number of benzene rings is 1. The lowest BCUT2D eigenvalue weighted by molar-refractivity contribution is -0.116. The number of carbonyl (C=O) groups excluding carboxylic acids is 1. The first-order valence-corrected chi connectivity index (χ1v) is 7.85. The molecule has 1 aromatic carbocycles. The van der Waals surface area contributed by atoms with E-state index in [2.05, 4.69) is 15.3 Å². The number of aromatic nitrogens is 2. The number of anilines is 1. The van der Waals surface area contributed by atoms with Gasteiger partial charge in [0.25, 0.3) is 0 Å². The van der Waals surface area contributed by atoms with E-state index in [1.807, 2.05) is 6.92 Å². The van der Waals surface area contributed by atoms with Crippen molar-refractivity contribution in [2.75, 3.05) is 5.32 Å². The lowest BCUT2D eigenvalue weighted by atomic mass is 10.2. The van der Waals surface area contributed by atoms with Crippen molar-refractivity contribution in [2.45, 2.75) is 19.8 Å². The molecular formula is C16H14FN3O2S. The molecule has 7 heteroatoms. The minimum absolute atomic E-state index is 0.162. The van der Waals surface area contributed by atoms with Crippen molar-refractivity contribution in [3.05, 3.63) is 53.2 Å². The van der Waals surface area contributed by atoms with Crippen LogP contribution in [-0.2, 0) is 11.2 Å². The van der Waals surface area contributed by atoms with Crippen LogP contribution in [0.25, 0.3) is 11.3 Å². The van der Waals surface area contributed by atoms with E-state index in [1.165, 1.54) is 23.6 Å². The van der Waals surface area contributed by atoms with Crippen molar-refractivity contribution in [1.82, 2.24) is 9.97 Å². The summed E-state index contributed by atoms with van der Waals surface area (Å²) in [5.41, 5.74) is 0.356. The molecule has 1 N–H and O–H groups in total. The topological polar surface area (TPSA) is 68.0 Å². The molecule has 5 nitrogen and oxygen atoms in total. The van der Waals surface area contributed by atoms with Crippen LogP contribution in [0.2, 0.25) is 0 Å². The highest BCUT2D eigenvalue weighted by Gasteiger charge is 2.12. The number of nitrogens with zero attached hydrogens (tertiary/aromatic N) is 2. The average molecular weight is 331 g/mol. The Morgan fingerprint density at radius 3 is 2.87 bits per heavy atom. The van der Waals surface area contributed by atoms with E-state index >= 15 is 0 Å². The number of aryl methyl sites for hydroxylation is 2. The van der Waals surface area contributed by atoms with Crippen LogP contribution in [-0.4, -0.2) is 15.9 Å². The molecule has 0 unspecified atom stereocenters. The zero-order chi connectivity index (χ0) is 16.2. The molecule has 2 aromatic heterocycles. The molecule has 0 saturated carbocycles. The SMILES string of the molecule is Cc1cnc(NC(=O)CCc2ncc(-c3ccccc3F)o2)s1. The van der Waals surface area contributed by atoms with Gasteiger partial charge in [0.15, 0.2) is 16.8 Å². The first-order chi connectivity index (χ1) is 11.1. The molecule has 0 spiro atoms. The Bertz CT molecular complexity index is 828. The summed E-state index contributed by atoms with van der Waals surface area (Å²) >= 11 is 1.42. The highest BCUT2D eigenvalue weighted by molar-refractivity contribution is 7.15. The third-order valence-electron chi connectivity index (χ3n) is 3.13. The zero-order valence-electron chi connectivity index (χ0n) is 12.4. The number of carbonyl (C=O) groups is 1. The molecular weight excluding hydrogens is 317 g/mol. The normalized spacial score (nSPS) is 10.7. The molecule has 0 aliphatic rings. The summed E-state index contributed by atoms with van der Waals surface area (Å²) in [4.78, 5) is 21.0. The van der Waals surface area contributed by atoms with Crippen LogP contribution >= 0.6 is 11.3 Å². The van der Waals surface area contributed by atoms with Gasteiger partial charge < -0.3 is 9.73 Å². The van der Waals surface area contributed by atoms with Crippen LogP contribution < -0.4 is 5.32 Å². The lowest BCUT2D eigenvalue weighted by Gasteiger charge is -2.00. The van der Waals surface area contributed by atoms with Gasteiger partial charge in [-0.3, -0.25) is 4.79 Å².